The Balaban J connectivity index is 1.56. The van der Waals surface area contributed by atoms with Crippen LogP contribution < -0.4 is 15.5 Å². The van der Waals surface area contributed by atoms with E-state index in [1.54, 1.807) is 12.1 Å². The van der Waals surface area contributed by atoms with Gasteiger partial charge in [-0.2, -0.15) is 0 Å². The maximum atomic E-state index is 13.0. The first kappa shape index (κ1) is 23.9. The second-order valence-electron chi connectivity index (χ2n) is 7.08. The Labute approximate surface area is 213 Å². The number of anilines is 3. The number of benzene rings is 3. The summed E-state index contributed by atoms with van der Waals surface area (Å²) in [5.74, 6) is -2.16. The van der Waals surface area contributed by atoms with Gasteiger partial charge < -0.3 is 15.7 Å². The Morgan fingerprint density at radius 3 is 2.24 bits per heavy atom. The summed E-state index contributed by atoms with van der Waals surface area (Å²) in [6, 6.07) is 14.7. The van der Waals surface area contributed by atoms with Crippen molar-refractivity contribution in [2.75, 3.05) is 15.5 Å². The van der Waals surface area contributed by atoms with Crippen LogP contribution >= 0.6 is 46.4 Å². The maximum absolute atomic E-state index is 13.0. The number of phenolic OH excluding ortho intramolecular Hbond substituents is 1. The molecular formula is C23H13Cl4N3O4. The summed E-state index contributed by atoms with van der Waals surface area (Å²) in [5.41, 5.74) is 0.651. The lowest BCUT2D eigenvalue weighted by Crippen LogP contribution is -2.32. The van der Waals surface area contributed by atoms with Gasteiger partial charge in [0.25, 0.3) is 17.7 Å². The van der Waals surface area contributed by atoms with Crippen LogP contribution in [0.3, 0.4) is 0 Å². The Kier molecular flexibility index (Phi) is 6.72. The highest BCUT2D eigenvalue weighted by atomic mass is 35.5. The molecule has 172 valence electrons. The average Bonchev–Trinajstić information content (AvgIpc) is 2.99. The van der Waals surface area contributed by atoms with Gasteiger partial charge in [0.1, 0.15) is 16.5 Å². The number of hydrogen-bond donors (Lipinski definition) is 3. The van der Waals surface area contributed by atoms with Crippen LogP contribution in [0, 0.1) is 0 Å². The molecule has 7 nitrogen and oxygen atoms in total. The largest absolute Gasteiger partial charge is 0.506 e. The number of carbonyl (C=O) groups excluding carboxylic acids is 3. The van der Waals surface area contributed by atoms with E-state index < -0.39 is 17.7 Å². The van der Waals surface area contributed by atoms with Gasteiger partial charge in [-0.05, 0) is 54.6 Å². The molecule has 0 spiro atoms. The molecule has 0 saturated carbocycles. The summed E-state index contributed by atoms with van der Waals surface area (Å²) in [6.45, 7) is 0. The number of halogens is 4. The van der Waals surface area contributed by atoms with Crippen molar-refractivity contribution in [1.82, 2.24) is 0 Å². The molecule has 1 aliphatic heterocycles. The molecule has 1 heterocycles. The fraction of sp³-hybridized carbons (Fsp3) is 0. The van der Waals surface area contributed by atoms with Gasteiger partial charge in [-0.25, -0.2) is 4.90 Å². The predicted octanol–water partition coefficient (Wildman–Crippen LogP) is 6.04. The molecule has 1 aliphatic rings. The van der Waals surface area contributed by atoms with Gasteiger partial charge in [-0.1, -0.05) is 52.5 Å². The molecule has 0 unspecified atom stereocenters. The van der Waals surface area contributed by atoms with Crippen molar-refractivity contribution >= 4 is 81.2 Å². The molecular weight excluding hydrogens is 524 g/mol. The van der Waals surface area contributed by atoms with Gasteiger partial charge in [0.05, 0.1) is 11.4 Å². The van der Waals surface area contributed by atoms with E-state index in [-0.39, 0.29) is 43.5 Å². The number of nitrogens with one attached hydrogen (secondary N) is 2. The van der Waals surface area contributed by atoms with Crippen LogP contribution in [0.2, 0.25) is 15.1 Å². The zero-order chi connectivity index (χ0) is 24.6. The lowest BCUT2D eigenvalue weighted by atomic mass is 10.1. The monoisotopic (exact) mass is 535 g/mol. The van der Waals surface area contributed by atoms with Crippen LogP contribution in [0.25, 0.3) is 0 Å². The Bertz CT molecular complexity index is 1370. The third kappa shape index (κ3) is 4.83. The van der Waals surface area contributed by atoms with Crippen LogP contribution in [-0.4, -0.2) is 22.8 Å². The zero-order valence-electron chi connectivity index (χ0n) is 16.9. The van der Waals surface area contributed by atoms with Crippen LogP contribution in [-0.2, 0) is 9.59 Å². The minimum absolute atomic E-state index is 0.133. The SMILES string of the molecule is O=C(Nc1cc(Cl)ccc1O)c1cccc(NC2=C(Cl)C(=O)N(c3cc(Cl)cc(Cl)c3)C2=O)c1. The van der Waals surface area contributed by atoms with Crippen LogP contribution in [0.15, 0.2) is 71.4 Å². The average molecular weight is 537 g/mol. The first-order valence-electron chi connectivity index (χ1n) is 9.55. The molecule has 4 rings (SSSR count). The summed E-state index contributed by atoms with van der Waals surface area (Å²) in [4.78, 5) is 39.2. The quantitative estimate of drug-likeness (QED) is 0.273. The normalized spacial score (nSPS) is 13.5. The highest BCUT2D eigenvalue weighted by molar-refractivity contribution is 6.53. The third-order valence-electron chi connectivity index (χ3n) is 4.73. The Hall–Kier alpha value is -3.23. The minimum atomic E-state index is -0.752. The molecule has 0 atom stereocenters. The van der Waals surface area contributed by atoms with E-state index in [1.165, 1.54) is 48.5 Å². The summed E-state index contributed by atoms with van der Waals surface area (Å²) in [7, 11) is 0. The molecule has 0 fully saturated rings. The van der Waals surface area contributed by atoms with Crippen molar-refractivity contribution in [2.45, 2.75) is 0 Å². The van der Waals surface area contributed by atoms with Crippen LogP contribution in [0.4, 0.5) is 17.1 Å². The van der Waals surface area contributed by atoms with E-state index in [1.807, 2.05) is 0 Å². The summed E-state index contributed by atoms with van der Waals surface area (Å²) in [6.07, 6.45) is 0. The summed E-state index contributed by atoms with van der Waals surface area (Å²) in [5, 5.41) is 15.8. The van der Waals surface area contributed by atoms with E-state index in [9.17, 15) is 19.5 Å². The second kappa shape index (κ2) is 9.56. The van der Waals surface area contributed by atoms with Crippen molar-refractivity contribution in [3.8, 4) is 5.75 Å². The number of imide groups is 1. The lowest BCUT2D eigenvalue weighted by Gasteiger charge is -2.16. The van der Waals surface area contributed by atoms with Crippen LogP contribution in [0.5, 0.6) is 5.75 Å². The molecule has 0 radical (unpaired) electrons. The smallest absolute Gasteiger partial charge is 0.283 e. The number of aromatic hydroxyl groups is 1. The Morgan fingerprint density at radius 2 is 1.53 bits per heavy atom. The molecule has 0 aromatic heterocycles. The van der Waals surface area contributed by atoms with E-state index in [0.29, 0.717) is 10.7 Å². The van der Waals surface area contributed by atoms with Gasteiger partial charge in [0.15, 0.2) is 0 Å². The Morgan fingerprint density at radius 1 is 0.824 bits per heavy atom. The number of amides is 3. The van der Waals surface area contributed by atoms with Gasteiger partial charge in [-0.15, -0.1) is 0 Å². The number of rotatable bonds is 5. The van der Waals surface area contributed by atoms with Gasteiger partial charge >= 0.3 is 0 Å². The molecule has 3 aromatic rings. The lowest BCUT2D eigenvalue weighted by molar-refractivity contribution is -0.120. The van der Waals surface area contributed by atoms with Gasteiger partial charge in [-0.3, -0.25) is 14.4 Å². The topological polar surface area (TPSA) is 98.7 Å². The predicted molar refractivity (Wildman–Crippen MR) is 133 cm³/mol. The van der Waals surface area contributed by atoms with E-state index in [4.69, 9.17) is 46.4 Å². The summed E-state index contributed by atoms with van der Waals surface area (Å²) >= 11 is 24.1. The fourth-order valence-electron chi connectivity index (χ4n) is 3.20. The molecule has 3 aromatic carbocycles. The second-order valence-corrected chi connectivity index (χ2v) is 8.77. The number of nitrogens with zero attached hydrogens (tertiary/aromatic N) is 1. The van der Waals surface area contributed by atoms with Crippen LogP contribution in [0.1, 0.15) is 10.4 Å². The number of hydrogen-bond acceptors (Lipinski definition) is 5. The first-order chi connectivity index (χ1) is 16.1. The van der Waals surface area contributed by atoms with E-state index >= 15 is 0 Å². The fourth-order valence-corrected chi connectivity index (χ4v) is 4.10. The molecule has 0 saturated heterocycles. The molecule has 3 N–H and O–H groups in total. The number of phenols is 1. The standard InChI is InChI=1S/C23H13Cl4N3O4/c24-12-4-5-18(31)17(10-12)29-21(32)11-2-1-3-15(6-11)28-20-19(27)22(33)30(23(20)34)16-8-13(25)7-14(26)9-16/h1-10,28,31H,(H,29,32). The highest BCUT2D eigenvalue weighted by Crippen LogP contribution is 2.33. The highest BCUT2D eigenvalue weighted by Gasteiger charge is 2.39. The molecule has 0 bridgehead atoms. The zero-order valence-corrected chi connectivity index (χ0v) is 19.9. The molecule has 0 aliphatic carbocycles. The minimum Gasteiger partial charge on any atom is -0.506 e. The maximum Gasteiger partial charge on any atom is 0.283 e. The van der Waals surface area contributed by atoms with E-state index in [0.717, 1.165) is 4.90 Å². The van der Waals surface area contributed by atoms with Gasteiger partial charge in [0.2, 0.25) is 0 Å². The van der Waals surface area contributed by atoms with Crippen molar-refractivity contribution in [3.05, 3.63) is 92.0 Å². The number of carbonyl (C=O) groups is 3. The van der Waals surface area contributed by atoms with Gasteiger partial charge in [0, 0.05) is 26.3 Å². The summed E-state index contributed by atoms with van der Waals surface area (Å²) < 4.78 is 0. The molecule has 3 amide bonds. The third-order valence-corrected chi connectivity index (χ3v) is 5.76. The molecule has 34 heavy (non-hydrogen) atoms. The van der Waals surface area contributed by atoms with Crippen molar-refractivity contribution < 1.29 is 19.5 Å². The van der Waals surface area contributed by atoms with Crippen molar-refractivity contribution in [1.29, 1.82) is 0 Å². The van der Waals surface area contributed by atoms with Crippen molar-refractivity contribution in [3.63, 3.8) is 0 Å². The van der Waals surface area contributed by atoms with Crippen molar-refractivity contribution in [2.24, 2.45) is 0 Å². The van der Waals surface area contributed by atoms with E-state index in [2.05, 4.69) is 10.6 Å². The molecule has 11 heteroatoms. The first-order valence-corrected chi connectivity index (χ1v) is 11.1.